The Morgan fingerprint density at radius 2 is 1.50 bits per heavy atom. The average molecular weight is 220 g/mol. The van der Waals surface area contributed by atoms with Crippen molar-refractivity contribution in [2.45, 2.75) is 27.7 Å². The summed E-state index contributed by atoms with van der Waals surface area (Å²) in [5.41, 5.74) is 7.62. The first kappa shape index (κ1) is 12.9. The molecule has 0 spiro atoms. The van der Waals surface area contributed by atoms with Gasteiger partial charge in [-0.3, -0.25) is 0 Å². The summed E-state index contributed by atoms with van der Waals surface area (Å²) >= 11 is 0. The van der Waals surface area contributed by atoms with Crippen molar-refractivity contribution < 1.29 is 0 Å². The van der Waals surface area contributed by atoms with Crippen LogP contribution in [0, 0.1) is 17.8 Å². The van der Waals surface area contributed by atoms with E-state index in [1.54, 1.807) is 0 Å². The summed E-state index contributed by atoms with van der Waals surface area (Å²) in [6, 6.07) is 7.93. The zero-order chi connectivity index (χ0) is 12.1. The minimum atomic E-state index is 0.706. The number of anilines is 2. The second-order valence-corrected chi connectivity index (χ2v) is 5.15. The lowest BCUT2D eigenvalue weighted by molar-refractivity contribution is 0.304. The predicted molar refractivity (Wildman–Crippen MR) is 72.5 cm³/mol. The molecular weight excluding hydrogens is 196 g/mol. The summed E-state index contributed by atoms with van der Waals surface area (Å²) in [5, 5.41) is 3.48. The van der Waals surface area contributed by atoms with Crippen LogP contribution in [0.5, 0.6) is 0 Å². The van der Waals surface area contributed by atoms with Gasteiger partial charge in [0.25, 0.3) is 0 Å². The van der Waals surface area contributed by atoms with Gasteiger partial charge in [-0.25, -0.2) is 0 Å². The van der Waals surface area contributed by atoms with Crippen molar-refractivity contribution in [1.82, 2.24) is 0 Å². The molecule has 3 N–H and O–H groups in total. The number of hydrogen-bond donors (Lipinski definition) is 2. The van der Waals surface area contributed by atoms with Crippen molar-refractivity contribution in [3.63, 3.8) is 0 Å². The van der Waals surface area contributed by atoms with Crippen molar-refractivity contribution >= 4 is 11.4 Å². The third kappa shape index (κ3) is 3.76. The lowest BCUT2D eigenvalue weighted by Crippen LogP contribution is -2.24. The minimum absolute atomic E-state index is 0.706. The predicted octanol–water partition coefficient (Wildman–Crippen LogP) is 3.61. The largest absolute Gasteiger partial charge is 0.399 e. The molecule has 0 aromatic heterocycles. The normalized spacial score (nSPS) is 11.4. The zero-order valence-corrected chi connectivity index (χ0v) is 10.8. The first-order chi connectivity index (χ1) is 7.50. The lowest BCUT2D eigenvalue weighted by atomic mass is 9.85. The van der Waals surface area contributed by atoms with Gasteiger partial charge < -0.3 is 11.1 Å². The van der Waals surface area contributed by atoms with E-state index in [-0.39, 0.29) is 0 Å². The highest BCUT2D eigenvalue weighted by atomic mass is 14.9. The summed E-state index contributed by atoms with van der Waals surface area (Å²) in [7, 11) is 0. The number of benzene rings is 1. The molecule has 0 bridgehead atoms. The van der Waals surface area contributed by atoms with Gasteiger partial charge in [-0.2, -0.15) is 0 Å². The molecule has 0 aliphatic carbocycles. The van der Waals surface area contributed by atoms with Gasteiger partial charge in [-0.1, -0.05) is 27.7 Å². The van der Waals surface area contributed by atoms with E-state index in [9.17, 15) is 0 Å². The molecule has 2 nitrogen and oxygen atoms in total. The molecule has 0 amide bonds. The van der Waals surface area contributed by atoms with Crippen LogP contribution in [-0.2, 0) is 0 Å². The second kappa shape index (κ2) is 5.78. The quantitative estimate of drug-likeness (QED) is 0.744. The summed E-state index contributed by atoms with van der Waals surface area (Å²) in [6.45, 7) is 10.2. The molecule has 0 heterocycles. The third-order valence-electron chi connectivity index (χ3n) is 3.17. The number of nitrogens with one attached hydrogen (secondary N) is 1. The Morgan fingerprint density at radius 3 is 1.94 bits per heavy atom. The van der Waals surface area contributed by atoms with Crippen molar-refractivity contribution in [1.29, 1.82) is 0 Å². The standard InChI is InChI=1S/C14H24N2/c1-10(2)14(11(3)4)9-16-13-7-5-12(15)6-8-13/h5-8,10-11,14,16H,9,15H2,1-4H3. The van der Waals surface area contributed by atoms with Gasteiger partial charge >= 0.3 is 0 Å². The van der Waals surface area contributed by atoms with E-state index in [0.29, 0.717) is 17.8 Å². The van der Waals surface area contributed by atoms with Gasteiger partial charge in [0, 0.05) is 17.9 Å². The summed E-state index contributed by atoms with van der Waals surface area (Å²) in [5.74, 6) is 2.13. The highest BCUT2D eigenvalue weighted by molar-refractivity contribution is 5.51. The van der Waals surface area contributed by atoms with Gasteiger partial charge in [0.2, 0.25) is 0 Å². The van der Waals surface area contributed by atoms with Gasteiger partial charge in [-0.05, 0) is 42.0 Å². The van der Waals surface area contributed by atoms with Crippen LogP contribution in [0.15, 0.2) is 24.3 Å². The Kier molecular flexibility index (Phi) is 4.66. The smallest absolute Gasteiger partial charge is 0.0341 e. The van der Waals surface area contributed by atoms with Crippen LogP contribution in [0.4, 0.5) is 11.4 Å². The Balaban J connectivity index is 2.52. The molecule has 0 radical (unpaired) electrons. The number of nitrogen functional groups attached to an aromatic ring is 1. The first-order valence-electron chi connectivity index (χ1n) is 6.10. The van der Waals surface area contributed by atoms with E-state index >= 15 is 0 Å². The summed E-state index contributed by atoms with van der Waals surface area (Å²) in [4.78, 5) is 0. The molecule has 1 rings (SSSR count). The molecular formula is C14H24N2. The Hall–Kier alpha value is -1.18. The van der Waals surface area contributed by atoms with Crippen LogP contribution >= 0.6 is 0 Å². The minimum Gasteiger partial charge on any atom is -0.399 e. The maximum absolute atomic E-state index is 5.65. The van der Waals surface area contributed by atoms with Crippen LogP contribution in [0.25, 0.3) is 0 Å². The molecule has 16 heavy (non-hydrogen) atoms. The zero-order valence-electron chi connectivity index (χ0n) is 10.8. The van der Waals surface area contributed by atoms with E-state index in [4.69, 9.17) is 5.73 Å². The Morgan fingerprint density at radius 1 is 1.00 bits per heavy atom. The number of rotatable bonds is 5. The van der Waals surface area contributed by atoms with Gasteiger partial charge in [0.1, 0.15) is 0 Å². The van der Waals surface area contributed by atoms with Crippen molar-refractivity contribution in [3.8, 4) is 0 Å². The molecule has 0 aliphatic rings. The second-order valence-electron chi connectivity index (χ2n) is 5.15. The van der Waals surface area contributed by atoms with E-state index < -0.39 is 0 Å². The van der Waals surface area contributed by atoms with E-state index in [0.717, 1.165) is 17.9 Å². The Labute approximate surface area is 99.2 Å². The molecule has 1 aromatic carbocycles. The fourth-order valence-electron chi connectivity index (χ4n) is 2.08. The molecule has 1 aromatic rings. The van der Waals surface area contributed by atoms with Crippen LogP contribution in [0.3, 0.4) is 0 Å². The fourth-order valence-corrected chi connectivity index (χ4v) is 2.08. The molecule has 0 aliphatic heterocycles. The lowest BCUT2D eigenvalue weighted by Gasteiger charge is -2.25. The van der Waals surface area contributed by atoms with Crippen molar-refractivity contribution in [3.05, 3.63) is 24.3 Å². The molecule has 0 fully saturated rings. The summed E-state index contributed by atoms with van der Waals surface area (Å²) in [6.07, 6.45) is 0. The fraction of sp³-hybridized carbons (Fsp3) is 0.571. The van der Waals surface area contributed by atoms with E-state index in [1.165, 1.54) is 0 Å². The molecule has 0 atom stereocenters. The first-order valence-corrected chi connectivity index (χ1v) is 6.10. The van der Waals surface area contributed by atoms with Gasteiger partial charge in [-0.15, -0.1) is 0 Å². The molecule has 2 heteroatoms. The molecule has 90 valence electrons. The molecule has 0 saturated carbocycles. The average Bonchev–Trinajstić information content (AvgIpc) is 2.20. The Bertz CT molecular complexity index is 293. The van der Waals surface area contributed by atoms with Crippen LogP contribution in [0.1, 0.15) is 27.7 Å². The molecule has 0 saturated heterocycles. The SMILES string of the molecule is CC(C)C(CNc1ccc(N)cc1)C(C)C. The van der Waals surface area contributed by atoms with E-state index in [1.807, 2.05) is 24.3 Å². The topological polar surface area (TPSA) is 38.0 Å². The maximum atomic E-state index is 5.65. The van der Waals surface area contributed by atoms with Crippen molar-refractivity contribution in [2.24, 2.45) is 17.8 Å². The van der Waals surface area contributed by atoms with E-state index in [2.05, 4.69) is 33.0 Å². The number of nitrogens with two attached hydrogens (primary N) is 1. The van der Waals surface area contributed by atoms with Gasteiger partial charge in [0.15, 0.2) is 0 Å². The number of hydrogen-bond acceptors (Lipinski definition) is 2. The summed E-state index contributed by atoms with van der Waals surface area (Å²) < 4.78 is 0. The third-order valence-corrected chi connectivity index (χ3v) is 3.17. The highest BCUT2D eigenvalue weighted by Crippen LogP contribution is 2.21. The van der Waals surface area contributed by atoms with Crippen LogP contribution in [0.2, 0.25) is 0 Å². The van der Waals surface area contributed by atoms with Crippen LogP contribution < -0.4 is 11.1 Å². The maximum Gasteiger partial charge on any atom is 0.0341 e. The van der Waals surface area contributed by atoms with Crippen molar-refractivity contribution in [2.75, 3.05) is 17.6 Å². The molecule has 0 unspecified atom stereocenters. The highest BCUT2D eigenvalue weighted by Gasteiger charge is 2.16. The monoisotopic (exact) mass is 220 g/mol. The van der Waals surface area contributed by atoms with Gasteiger partial charge in [0.05, 0.1) is 0 Å². The van der Waals surface area contributed by atoms with Crippen LogP contribution in [-0.4, -0.2) is 6.54 Å².